The van der Waals surface area contributed by atoms with Gasteiger partial charge in [-0.25, -0.2) is 4.98 Å². The highest BCUT2D eigenvalue weighted by Gasteiger charge is 2.35. The van der Waals surface area contributed by atoms with Gasteiger partial charge in [0, 0.05) is 17.4 Å². The standard InChI is InChI=1S/C18H10Cl2F6N4O/c19-10-3-4-11(18(24,25)26)14(7-10)30-5-1-2-13(30)16(31)29-28-15-12(20)6-9(8-27-15)17(21,22)23/h1-8H,(H,27,28)(H,29,31). The van der Waals surface area contributed by atoms with Crippen LogP contribution in [-0.4, -0.2) is 15.5 Å². The summed E-state index contributed by atoms with van der Waals surface area (Å²) in [5.74, 6) is -1.20. The first-order chi connectivity index (χ1) is 14.4. The van der Waals surface area contributed by atoms with Gasteiger partial charge in [-0.2, -0.15) is 26.3 Å². The lowest BCUT2D eigenvalue weighted by Gasteiger charge is -2.17. The first-order valence-corrected chi connectivity index (χ1v) is 8.97. The molecule has 2 heterocycles. The molecule has 0 fully saturated rings. The Morgan fingerprint density at radius 3 is 2.32 bits per heavy atom. The molecule has 1 amide bonds. The zero-order valence-corrected chi connectivity index (χ0v) is 16.5. The molecule has 0 aliphatic carbocycles. The summed E-state index contributed by atoms with van der Waals surface area (Å²) in [6, 6.07) is 6.07. The normalized spacial score (nSPS) is 12.0. The van der Waals surface area contributed by atoms with E-state index in [-0.39, 0.29) is 22.2 Å². The van der Waals surface area contributed by atoms with Crippen LogP contribution in [0.1, 0.15) is 21.6 Å². The van der Waals surface area contributed by atoms with Crippen molar-refractivity contribution in [1.82, 2.24) is 15.0 Å². The zero-order chi connectivity index (χ0) is 23.0. The molecule has 0 unspecified atom stereocenters. The van der Waals surface area contributed by atoms with Crippen molar-refractivity contribution in [3.8, 4) is 5.69 Å². The van der Waals surface area contributed by atoms with Gasteiger partial charge >= 0.3 is 12.4 Å². The fourth-order valence-electron chi connectivity index (χ4n) is 2.58. The molecule has 1 aromatic carbocycles. The third-order valence-electron chi connectivity index (χ3n) is 3.97. The number of carbonyl (C=O) groups excluding carboxylic acids is 1. The van der Waals surface area contributed by atoms with Crippen molar-refractivity contribution < 1.29 is 31.1 Å². The van der Waals surface area contributed by atoms with Crippen LogP contribution in [0.4, 0.5) is 32.2 Å². The van der Waals surface area contributed by atoms with Gasteiger partial charge < -0.3 is 4.57 Å². The van der Waals surface area contributed by atoms with E-state index in [0.29, 0.717) is 12.3 Å². The van der Waals surface area contributed by atoms with Crippen LogP contribution in [0.2, 0.25) is 10.0 Å². The largest absolute Gasteiger partial charge is 0.418 e. The van der Waals surface area contributed by atoms with E-state index in [1.165, 1.54) is 18.3 Å². The highest BCUT2D eigenvalue weighted by molar-refractivity contribution is 6.33. The number of hydrazine groups is 1. The zero-order valence-electron chi connectivity index (χ0n) is 14.9. The maximum Gasteiger partial charge on any atom is 0.418 e. The number of nitrogens with one attached hydrogen (secondary N) is 2. The quantitative estimate of drug-likeness (QED) is 0.355. The average Bonchev–Trinajstić information content (AvgIpc) is 3.14. The molecular weight excluding hydrogens is 473 g/mol. The van der Waals surface area contributed by atoms with Crippen molar-refractivity contribution in [2.24, 2.45) is 0 Å². The molecule has 0 aliphatic rings. The van der Waals surface area contributed by atoms with E-state index in [1.807, 2.05) is 0 Å². The molecule has 2 aromatic heterocycles. The van der Waals surface area contributed by atoms with Gasteiger partial charge in [0.25, 0.3) is 5.91 Å². The van der Waals surface area contributed by atoms with Crippen LogP contribution in [0, 0.1) is 0 Å². The van der Waals surface area contributed by atoms with Crippen LogP contribution in [0.25, 0.3) is 5.69 Å². The lowest BCUT2D eigenvalue weighted by atomic mass is 10.1. The Labute approximate surface area is 180 Å². The molecule has 3 aromatic rings. The number of nitrogens with zero attached hydrogens (tertiary/aromatic N) is 2. The minimum Gasteiger partial charge on any atom is -0.312 e. The van der Waals surface area contributed by atoms with Gasteiger partial charge in [0.05, 0.1) is 21.8 Å². The molecule has 0 radical (unpaired) electrons. The van der Waals surface area contributed by atoms with Crippen LogP contribution in [-0.2, 0) is 12.4 Å². The van der Waals surface area contributed by atoms with Crippen LogP contribution < -0.4 is 10.9 Å². The van der Waals surface area contributed by atoms with Crippen molar-refractivity contribution in [2.45, 2.75) is 12.4 Å². The fraction of sp³-hybridized carbons (Fsp3) is 0.111. The van der Waals surface area contributed by atoms with Crippen molar-refractivity contribution in [3.63, 3.8) is 0 Å². The number of halogens is 8. The Hall–Kier alpha value is -2.92. The second-order valence-corrected chi connectivity index (χ2v) is 6.90. The molecule has 0 saturated heterocycles. The molecule has 0 atom stereocenters. The molecule has 5 nitrogen and oxygen atoms in total. The van der Waals surface area contributed by atoms with E-state index in [2.05, 4.69) is 15.8 Å². The van der Waals surface area contributed by atoms with Crippen molar-refractivity contribution in [2.75, 3.05) is 5.43 Å². The number of alkyl halides is 6. The number of pyridine rings is 1. The molecular formula is C18H10Cl2F6N4O. The van der Waals surface area contributed by atoms with Gasteiger partial charge in [-0.1, -0.05) is 23.2 Å². The highest BCUT2D eigenvalue weighted by Crippen LogP contribution is 2.36. The lowest BCUT2D eigenvalue weighted by Crippen LogP contribution is -2.31. The molecule has 0 spiro atoms. The number of amides is 1. The highest BCUT2D eigenvalue weighted by atomic mass is 35.5. The SMILES string of the molecule is O=C(NNc1ncc(C(F)(F)F)cc1Cl)c1cccn1-c1cc(Cl)ccc1C(F)(F)F. The van der Waals surface area contributed by atoms with Gasteiger partial charge in [-0.3, -0.25) is 15.6 Å². The number of aromatic nitrogens is 2. The molecule has 0 aliphatic heterocycles. The topological polar surface area (TPSA) is 59.0 Å². The number of carbonyl (C=O) groups is 1. The maximum absolute atomic E-state index is 13.4. The summed E-state index contributed by atoms with van der Waals surface area (Å²) in [6.45, 7) is 0. The Morgan fingerprint density at radius 1 is 1.00 bits per heavy atom. The first kappa shape index (κ1) is 22.8. The number of hydrogen-bond donors (Lipinski definition) is 2. The van der Waals surface area contributed by atoms with Crippen LogP contribution in [0.3, 0.4) is 0 Å². The van der Waals surface area contributed by atoms with Gasteiger partial charge in [-0.15, -0.1) is 0 Å². The Balaban J connectivity index is 1.86. The van der Waals surface area contributed by atoms with Crippen LogP contribution in [0.5, 0.6) is 0 Å². The van der Waals surface area contributed by atoms with E-state index >= 15 is 0 Å². The summed E-state index contributed by atoms with van der Waals surface area (Å²) in [6.07, 6.45) is -7.65. The molecule has 31 heavy (non-hydrogen) atoms. The van der Waals surface area contributed by atoms with Crippen molar-refractivity contribution in [3.05, 3.63) is 75.7 Å². The summed E-state index contributed by atoms with van der Waals surface area (Å²) < 4.78 is 79.1. The minimum absolute atomic E-state index is 0.0157. The molecule has 0 saturated carbocycles. The number of benzene rings is 1. The number of hydrogen-bond acceptors (Lipinski definition) is 3. The number of rotatable bonds is 4. The Kier molecular flexibility index (Phi) is 6.10. The Bertz CT molecular complexity index is 1130. The predicted molar refractivity (Wildman–Crippen MR) is 101 cm³/mol. The van der Waals surface area contributed by atoms with E-state index in [9.17, 15) is 31.1 Å². The average molecular weight is 483 g/mol. The monoisotopic (exact) mass is 482 g/mol. The molecule has 13 heteroatoms. The number of anilines is 1. The van der Waals surface area contributed by atoms with Gasteiger partial charge in [-0.05, 0) is 36.4 Å². The van der Waals surface area contributed by atoms with Crippen LogP contribution >= 0.6 is 23.2 Å². The summed E-state index contributed by atoms with van der Waals surface area (Å²) in [5.41, 5.74) is 1.65. The predicted octanol–water partition coefficient (Wildman–Crippen LogP) is 5.97. The van der Waals surface area contributed by atoms with E-state index in [1.54, 1.807) is 0 Å². The van der Waals surface area contributed by atoms with Crippen molar-refractivity contribution in [1.29, 1.82) is 0 Å². The van der Waals surface area contributed by atoms with Gasteiger partial charge in [0.2, 0.25) is 0 Å². The second kappa shape index (κ2) is 8.31. The minimum atomic E-state index is -4.71. The Morgan fingerprint density at radius 2 is 1.71 bits per heavy atom. The first-order valence-electron chi connectivity index (χ1n) is 8.21. The molecule has 164 valence electrons. The summed E-state index contributed by atoms with van der Waals surface area (Å²) >= 11 is 11.6. The van der Waals surface area contributed by atoms with E-state index in [0.717, 1.165) is 22.8 Å². The lowest BCUT2D eigenvalue weighted by molar-refractivity contribution is -0.138. The van der Waals surface area contributed by atoms with Gasteiger partial charge in [0.15, 0.2) is 5.82 Å². The summed E-state index contributed by atoms with van der Waals surface area (Å²) in [7, 11) is 0. The maximum atomic E-state index is 13.4. The molecule has 2 N–H and O–H groups in total. The third kappa shape index (κ3) is 5.05. The smallest absolute Gasteiger partial charge is 0.312 e. The van der Waals surface area contributed by atoms with Crippen LogP contribution in [0.15, 0.2) is 48.8 Å². The summed E-state index contributed by atoms with van der Waals surface area (Å²) in [4.78, 5) is 16.0. The van der Waals surface area contributed by atoms with Crippen molar-refractivity contribution >= 4 is 34.9 Å². The molecule has 3 rings (SSSR count). The summed E-state index contributed by atoms with van der Waals surface area (Å²) in [5, 5.41) is -0.415. The second-order valence-electron chi connectivity index (χ2n) is 6.05. The van der Waals surface area contributed by atoms with Gasteiger partial charge in [0.1, 0.15) is 5.69 Å². The van der Waals surface area contributed by atoms with E-state index < -0.39 is 34.4 Å². The molecule has 0 bridgehead atoms. The third-order valence-corrected chi connectivity index (χ3v) is 4.49. The fourth-order valence-corrected chi connectivity index (χ4v) is 2.96. The van der Waals surface area contributed by atoms with E-state index in [4.69, 9.17) is 23.2 Å².